The van der Waals surface area contributed by atoms with E-state index in [0.29, 0.717) is 31.7 Å². The minimum absolute atomic E-state index is 0.0375. The highest BCUT2D eigenvalue weighted by Gasteiger charge is 2.44. The molecule has 1 N–H and O–H groups in total. The summed E-state index contributed by atoms with van der Waals surface area (Å²) in [5.41, 5.74) is 0.795. The molecule has 8 nitrogen and oxygen atoms in total. The van der Waals surface area contributed by atoms with Gasteiger partial charge in [0.05, 0.1) is 0 Å². The Bertz CT molecular complexity index is 795. The molecule has 3 rings (SSSR count). The molecule has 0 aromatic heterocycles. The second-order valence-electron chi connectivity index (χ2n) is 7.73. The van der Waals surface area contributed by atoms with Crippen molar-refractivity contribution < 1.29 is 19.2 Å². The first-order valence-electron chi connectivity index (χ1n) is 9.47. The van der Waals surface area contributed by atoms with E-state index in [2.05, 4.69) is 10.2 Å². The summed E-state index contributed by atoms with van der Waals surface area (Å²) in [6, 6.07) is 7.03. The molecule has 2 heterocycles. The van der Waals surface area contributed by atoms with E-state index in [1.807, 2.05) is 24.3 Å². The van der Waals surface area contributed by atoms with E-state index in [0.717, 1.165) is 10.6 Å². The van der Waals surface area contributed by atoms with Gasteiger partial charge in [-0.05, 0) is 45.0 Å². The molecule has 2 aliphatic rings. The SMILES string of the molecule is CC(=O)c1ccc(N2CCN(C(=O)CCN3C(=O)NC(C)(C)C3=O)CC2)cc1. The molecule has 28 heavy (non-hydrogen) atoms. The number of ketones is 1. The molecule has 2 saturated heterocycles. The quantitative estimate of drug-likeness (QED) is 0.608. The lowest BCUT2D eigenvalue weighted by atomic mass is 10.1. The van der Waals surface area contributed by atoms with Crippen molar-refractivity contribution in [1.29, 1.82) is 0 Å². The van der Waals surface area contributed by atoms with Gasteiger partial charge in [-0.25, -0.2) is 4.79 Å². The van der Waals surface area contributed by atoms with E-state index in [1.165, 1.54) is 0 Å². The summed E-state index contributed by atoms with van der Waals surface area (Å²) < 4.78 is 0. The molecule has 1 aromatic rings. The lowest BCUT2D eigenvalue weighted by molar-refractivity contribution is -0.133. The van der Waals surface area contributed by atoms with Gasteiger partial charge in [-0.2, -0.15) is 0 Å². The van der Waals surface area contributed by atoms with Gasteiger partial charge in [-0.3, -0.25) is 19.3 Å². The van der Waals surface area contributed by atoms with Gasteiger partial charge in [-0.1, -0.05) is 0 Å². The van der Waals surface area contributed by atoms with Gasteiger partial charge in [0.2, 0.25) is 5.91 Å². The van der Waals surface area contributed by atoms with Crippen LogP contribution in [0.5, 0.6) is 0 Å². The number of carbonyl (C=O) groups excluding carboxylic acids is 4. The third-order valence-electron chi connectivity index (χ3n) is 5.27. The van der Waals surface area contributed by atoms with E-state index < -0.39 is 11.6 Å². The zero-order chi connectivity index (χ0) is 20.5. The Kier molecular flexibility index (Phi) is 5.40. The highest BCUT2D eigenvalue weighted by atomic mass is 16.2. The van der Waals surface area contributed by atoms with Crippen molar-refractivity contribution >= 4 is 29.3 Å². The third kappa shape index (κ3) is 4.00. The van der Waals surface area contributed by atoms with Gasteiger partial charge < -0.3 is 15.1 Å². The van der Waals surface area contributed by atoms with Crippen LogP contribution in [0.2, 0.25) is 0 Å². The molecule has 4 amide bonds. The lowest BCUT2D eigenvalue weighted by Gasteiger charge is -2.36. The number of piperazine rings is 1. The van der Waals surface area contributed by atoms with Gasteiger partial charge in [-0.15, -0.1) is 0 Å². The summed E-state index contributed by atoms with van der Waals surface area (Å²) in [6.07, 6.45) is 0.128. The van der Waals surface area contributed by atoms with Gasteiger partial charge in [0.1, 0.15) is 5.54 Å². The van der Waals surface area contributed by atoms with Crippen molar-refractivity contribution in [3.8, 4) is 0 Å². The zero-order valence-electron chi connectivity index (χ0n) is 16.5. The Hall–Kier alpha value is -2.90. The van der Waals surface area contributed by atoms with Crippen LogP contribution in [-0.4, -0.2) is 71.7 Å². The van der Waals surface area contributed by atoms with Crippen molar-refractivity contribution in [2.24, 2.45) is 0 Å². The van der Waals surface area contributed by atoms with Crippen LogP contribution < -0.4 is 10.2 Å². The molecule has 8 heteroatoms. The predicted molar refractivity (Wildman–Crippen MR) is 104 cm³/mol. The third-order valence-corrected chi connectivity index (χ3v) is 5.27. The topological polar surface area (TPSA) is 90.0 Å². The monoisotopic (exact) mass is 386 g/mol. The number of nitrogens with one attached hydrogen (secondary N) is 1. The fourth-order valence-electron chi connectivity index (χ4n) is 3.51. The molecule has 2 fully saturated rings. The molecule has 0 atom stereocenters. The first-order valence-corrected chi connectivity index (χ1v) is 9.47. The lowest BCUT2D eigenvalue weighted by Crippen LogP contribution is -2.49. The average Bonchev–Trinajstić information content (AvgIpc) is 2.87. The van der Waals surface area contributed by atoms with Crippen molar-refractivity contribution in [3.63, 3.8) is 0 Å². The average molecular weight is 386 g/mol. The Morgan fingerprint density at radius 1 is 1.04 bits per heavy atom. The van der Waals surface area contributed by atoms with Crippen molar-refractivity contribution in [1.82, 2.24) is 15.1 Å². The number of urea groups is 1. The molecule has 0 aliphatic carbocycles. The first-order chi connectivity index (χ1) is 13.2. The van der Waals surface area contributed by atoms with E-state index in [4.69, 9.17) is 0 Å². The van der Waals surface area contributed by atoms with E-state index >= 15 is 0 Å². The maximum atomic E-state index is 12.5. The Morgan fingerprint density at radius 3 is 2.14 bits per heavy atom. The summed E-state index contributed by atoms with van der Waals surface area (Å²) in [5.74, 6) is -0.323. The maximum absolute atomic E-state index is 12.5. The number of imide groups is 1. The highest BCUT2D eigenvalue weighted by Crippen LogP contribution is 2.19. The molecular weight excluding hydrogens is 360 g/mol. The Morgan fingerprint density at radius 2 is 1.64 bits per heavy atom. The molecule has 1 aromatic carbocycles. The van der Waals surface area contributed by atoms with Crippen LogP contribution in [-0.2, 0) is 9.59 Å². The smallest absolute Gasteiger partial charge is 0.325 e. The largest absolute Gasteiger partial charge is 0.368 e. The number of hydrogen-bond acceptors (Lipinski definition) is 5. The van der Waals surface area contributed by atoms with Crippen molar-refractivity contribution in [2.75, 3.05) is 37.6 Å². The highest BCUT2D eigenvalue weighted by molar-refractivity contribution is 6.06. The maximum Gasteiger partial charge on any atom is 0.325 e. The fraction of sp³-hybridized carbons (Fsp3) is 0.500. The van der Waals surface area contributed by atoms with Crippen LogP contribution in [0, 0.1) is 0 Å². The minimum Gasteiger partial charge on any atom is -0.368 e. The predicted octanol–water partition coefficient (Wildman–Crippen LogP) is 1.26. The molecular formula is C20H26N4O4. The van der Waals surface area contributed by atoms with Crippen LogP contribution in [0.25, 0.3) is 0 Å². The van der Waals surface area contributed by atoms with Crippen LogP contribution in [0.3, 0.4) is 0 Å². The van der Waals surface area contributed by atoms with Gasteiger partial charge >= 0.3 is 6.03 Å². The molecule has 0 bridgehead atoms. The zero-order valence-corrected chi connectivity index (χ0v) is 16.5. The van der Waals surface area contributed by atoms with E-state index in [9.17, 15) is 19.2 Å². The molecule has 0 saturated carbocycles. The number of hydrogen-bond donors (Lipinski definition) is 1. The van der Waals surface area contributed by atoms with Gasteiger partial charge in [0.25, 0.3) is 5.91 Å². The molecule has 0 unspecified atom stereocenters. The van der Waals surface area contributed by atoms with Crippen LogP contribution >= 0.6 is 0 Å². The van der Waals surface area contributed by atoms with Crippen LogP contribution in [0.1, 0.15) is 37.6 Å². The molecule has 2 aliphatic heterocycles. The fourth-order valence-corrected chi connectivity index (χ4v) is 3.51. The number of anilines is 1. The van der Waals surface area contributed by atoms with Gasteiger partial charge in [0, 0.05) is 50.4 Å². The first kappa shape index (κ1) is 19.9. The Balaban J connectivity index is 1.49. The molecule has 0 radical (unpaired) electrons. The number of carbonyl (C=O) groups is 4. The summed E-state index contributed by atoms with van der Waals surface area (Å²) in [6.45, 7) is 7.49. The number of benzene rings is 1. The standard InChI is InChI=1S/C20H26N4O4/c1-14(25)15-4-6-16(7-5-15)22-10-12-23(13-11-22)17(26)8-9-24-18(27)20(2,3)21-19(24)28/h4-7H,8-13H2,1-3H3,(H,21,28). The molecule has 0 spiro atoms. The normalized spacial score (nSPS) is 19.0. The minimum atomic E-state index is -0.913. The van der Waals surface area contributed by atoms with Crippen LogP contribution in [0.15, 0.2) is 24.3 Å². The van der Waals surface area contributed by atoms with Crippen LogP contribution in [0.4, 0.5) is 10.5 Å². The van der Waals surface area contributed by atoms with Crippen molar-refractivity contribution in [3.05, 3.63) is 29.8 Å². The summed E-state index contributed by atoms with van der Waals surface area (Å²) in [4.78, 5) is 53.0. The summed E-state index contributed by atoms with van der Waals surface area (Å²) in [7, 11) is 0. The van der Waals surface area contributed by atoms with E-state index in [1.54, 1.807) is 25.7 Å². The Labute approximate surface area is 164 Å². The summed E-state index contributed by atoms with van der Waals surface area (Å²) >= 11 is 0. The number of nitrogens with zero attached hydrogens (tertiary/aromatic N) is 3. The number of rotatable bonds is 5. The number of Topliss-reactive ketones (excluding diaryl/α,β-unsaturated/α-hetero) is 1. The van der Waals surface area contributed by atoms with Gasteiger partial charge in [0.15, 0.2) is 5.78 Å². The van der Waals surface area contributed by atoms with E-state index in [-0.39, 0.29) is 30.6 Å². The summed E-state index contributed by atoms with van der Waals surface area (Å²) in [5, 5.41) is 2.62. The number of amides is 4. The van der Waals surface area contributed by atoms with Crippen molar-refractivity contribution in [2.45, 2.75) is 32.7 Å². The second-order valence-corrected chi connectivity index (χ2v) is 7.73. The molecule has 150 valence electrons. The second kappa shape index (κ2) is 7.61.